The molecule has 0 spiro atoms. The first kappa shape index (κ1) is 17.8. The number of benzene rings is 1. The molecule has 0 bridgehead atoms. The highest BCUT2D eigenvalue weighted by Crippen LogP contribution is 2.34. The molecule has 0 saturated carbocycles. The number of rotatable bonds is 7. The van der Waals surface area contributed by atoms with Crippen LogP contribution in [-0.4, -0.2) is 39.1 Å². The number of hydrogen-bond acceptors (Lipinski definition) is 5. The smallest absolute Gasteiger partial charge is 0.247 e. The van der Waals surface area contributed by atoms with Gasteiger partial charge in [0.15, 0.2) is 11.6 Å². The quantitative estimate of drug-likeness (QED) is 0.378. The summed E-state index contributed by atoms with van der Waals surface area (Å²) in [6.07, 6.45) is 3.63. The number of carbonyl (C=O) groups is 1. The van der Waals surface area contributed by atoms with Crippen LogP contribution >= 0.6 is 0 Å². The summed E-state index contributed by atoms with van der Waals surface area (Å²) in [5, 5.41) is 7.15. The van der Waals surface area contributed by atoms with E-state index in [1.807, 2.05) is 13.8 Å². The normalized spacial score (nSPS) is 11.1. The van der Waals surface area contributed by atoms with Gasteiger partial charge in [-0.05, 0) is 32.0 Å². The van der Waals surface area contributed by atoms with Crippen LogP contribution in [-0.2, 0) is 4.79 Å². The van der Waals surface area contributed by atoms with E-state index in [4.69, 9.17) is 9.47 Å². The summed E-state index contributed by atoms with van der Waals surface area (Å²) in [5.41, 5.74) is 2.89. The van der Waals surface area contributed by atoms with Crippen LogP contribution in [0.25, 0.3) is 16.4 Å². The van der Waals surface area contributed by atoms with Gasteiger partial charge in [0, 0.05) is 22.2 Å². The molecular weight excluding hydrogens is 365 g/mol. The third-order valence-corrected chi connectivity index (χ3v) is 4.38. The minimum atomic E-state index is -0.459. The van der Waals surface area contributed by atoms with Crippen LogP contribution in [0, 0.1) is 19.7 Å². The zero-order valence-electron chi connectivity index (χ0n) is 15.3. The number of halogens is 1. The van der Waals surface area contributed by atoms with Crippen molar-refractivity contribution in [3.05, 3.63) is 47.8 Å². The molecule has 1 aromatic carbocycles. The number of aryl methyl sites for hydroxylation is 2. The Balaban J connectivity index is 1.68. The maximum atomic E-state index is 14.9. The minimum absolute atomic E-state index is 0.0744. The number of carbonyl (C=O) groups excluding carboxylic acids is 1. The monoisotopic (exact) mass is 383 g/mol. The number of nitrogens with one attached hydrogen (secondary N) is 2. The van der Waals surface area contributed by atoms with Crippen molar-refractivity contribution < 1.29 is 18.7 Å². The van der Waals surface area contributed by atoms with Crippen molar-refractivity contribution in [3.8, 4) is 17.4 Å². The fourth-order valence-electron chi connectivity index (χ4n) is 3.08. The molecule has 0 radical (unpaired) electrons. The number of ether oxygens (including phenoxy) is 2. The molecule has 3 aromatic heterocycles. The lowest BCUT2D eigenvalue weighted by Crippen LogP contribution is -2.18. The predicted molar refractivity (Wildman–Crippen MR) is 100 cm³/mol. The van der Waals surface area contributed by atoms with Gasteiger partial charge in [0.2, 0.25) is 12.3 Å². The molecule has 0 fully saturated rings. The van der Waals surface area contributed by atoms with E-state index in [0.29, 0.717) is 41.7 Å². The lowest BCUT2D eigenvalue weighted by Gasteiger charge is -2.08. The molecule has 2 N–H and O–H groups in total. The summed E-state index contributed by atoms with van der Waals surface area (Å²) < 4.78 is 27.9. The highest BCUT2D eigenvalue weighted by molar-refractivity contribution is 5.83. The van der Waals surface area contributed by atoms with Crippen molar-refractivity contribution in [3.63, 3.8) is 0 Å². The van der Waals surface area contributed by atoms with Crippen LogP contribution in [0.4, 0.5) is 4.39 Å². The van der Waals surface area contributed by atoms with Crippen LogP contribution < -0.4 is 14.8 Å². The van der Waals surface area contributed by atoms with Crippen molar-refractivity contribution >= 4 is 22.8 Å². The van der Waals surface area contributed by atoms with Crippen LogP contribution in [0.15, 0.2) is 30.7 Å². The number of amides is 1. The summed E-state index contributed by atoms with van der Waals surface area (Å²) in [4.78, 5) is 17.6. The molecule has 8 nitrogen and oxygen atoms in total. The Kier molecular flexibility index (Phi) is 4.56. The highest BCUT2D eigenvalue weighted by Gasteiger charge is 2.18. The first-order valence-electron chi connectivity index (χ1n) is 8.67. The average Bonchev–Trinajstić information content (AvgIpc) is 3.22. The largest absolute Gasteiger partial charge is 0.490 e. The van der Waals surface area contributed by atoms with Crippen molar-refractivity contribution in [1.29, 1.82) is 0 Å². The Hall–Kier alpha value is -3.62. The molecule has 144 valence electrons. The zero-order valence-corrected chi connectivity index (χ0v) is 15.3. The van der Waals surface area contributed by atoms with Gasteiger partial charge >= 0.3 is 0 Å². The van der Waals surface area contributed by atoms with Gasteiger partial charge in [0.25, 0.3) is 0 Å². The van der Waals surface area contributed by atoms with E-state index in [0.717, 1.165) is 11.3 Å². The van der Waals surface area contributed by atoms with Gasteiger partial charge in [0.05, 0.1) is 12.7 Å². The molecule has 3 heterocycles. The van der Waals surface area contributed by atoms with Crippen molar-refractivity contribution in [2.24, 2.45) is 0 Å². The third kappa shape index (κ3) is 3.11. The Bertz CT molecular complexity index is 1170. The minimum Gasteiger partial charge on any atom is -0.490 e. The van der Waals surface area contributed by atoms with Crippen LogP contribution in [0.3, 0.4) is 0 Å². The Morgan fingerprint density at radius 3 is 3.00 bits per heavy atom. The zero-order chi connectivity index (χ0) is 19.7. The van der Waals surface area contributed by atoms with E-state index in [1.165, 1.54) is 6.33 Å². The summed E-state index contributed by atoms with van der Waals surface area (Å²) >= 11 is 0. The Labute approximate surface area is 159 Å². The second kappa shape index (κ2) is 7.18. The van der Waals surface area contributed by atoms with Gasteiger partial charge in [-0.1, -0.05) is 0 Å². The van der Waals surface area contributed by atoms with Gasteiger partial charge in [-0.25, -0.2) is 8.91 Å². The van der Waals surface area contributed by atoms with Gasteiger partial charge in [-0.15, -0.1) is 0 Å². The Morgan fingerprint density at radius 1 is 1.32 bits per heavy atom. The second-order valence-electron chi connectivity index (χ2n) is 6.29. The lowest BCUT2D eigenvalue weighted by atomic mass is 10.2. The number of nitrogens with zero attached hydrogens (tertiary/aromatic N) is 3. The Morgan fingerprint density at radius 2 is 2.18 bits per heavy atom. The van der Waals surface area contributed by atoms with E-state index in [2.05, 4.69) is 20.4 Å². The van der Waals surface area contributed by atoms with Crippen LogP contribution in [0.5, 0.6) is 17.4 Å². The fourth-order valence-corrected chi connectivity index (χ4v) is 3.08. The molecule has 0 saturated heterocycles. The van der Waals surface area contributed by atoms with Crippen molar-refractivity contribution in [1.82, 2.24) is 24.9 Å². The van der Waals surface area contributed by atoms with Crippen molar-refractivity contribution in [2.45, 2.75) is 13.8 Å². The number of hydrogen-bond donors (Lipinski definition) is 2. The third-order valence-electron chi connectivity index (χ3n) is 4.38. The predicted octanol–water partition coefficient (Wildman–Crippen LogP) is 2.88. The molecule has 0 aliphatic heterocycles. The molecule has 0 atom stereocenters. The molecule has 1 amide bonds. The lowest BCUT2D eigenvalue weighted by molar-refractivity contribution is -0.109. The van der Waals surface area contributed by atoms with Gasteiger partial charge < -0.3 is 19.8 Å². The summed E-state index contributed by atoms with van der Waals surface area (Å²) in [6.45, 7) is 4.39. The number of aromatic amines is 1. The fraction of sp³-hybridized carbons (Fsp3) is 0.211. The summed E-state index contributed by atoms with van der Waals surface area (Å²) in [5.74, 6) is 0.415. The number of aromatic nitrogens is 4. The second-order valence-corrected chi connectivity index (χ2v) is 6.29. The first-order chi connectivity index (χ1) is 13.6. The summed E-state index contributed by atoms with van der Waals surface area (Å²) in [6, 6.07) is 5.06. The van der Waals surface area contributed by atoms with E-state index in [-0.39, 0.29) is 11.6 Å². The van der Waals surface area contributed by atoms with E-state index in [1.54, 1.807) is 28.9 Å². The van der Waals surface area contributed by atoms with Gasteiger partial charge in [0.1, 0.15) is 24.2 Å². The molecule has 9 heteroatoms. The van der Waals surface area contributed by atoms with E-state index < -0.39 is 5.82 Å². The van der Waals surface area contributed by atoms with Crippen LogP contribution in [0.2, 0.25) is 0 Å². The molecule has 28 heavy (non-hydrogen) atoms. The highest BCUT2D eigenvalue weighted by atomic mass is 19.1. The maximum Gasteiger partial charge on any atom is 0.247 e. The molecular formula is C19H18FN5O3. The maximum absolute atomic E-state index is 14.9. The molecule has 4 rings (SSSR count). The summed E-state index contributed by atoms with van der Waals surface area (Å²) in [7, 11) is 0. The van der Waals surface area contributed by atoms with Crippen molar-refractivity contribution in [2.75, 3.05) is 13.2 Å². The molecule has 0 unspecified atom stereocenters. The van der Waals surface area contributed by atoms with Gasteiger partial charge in [-0.2, -0.15) is 10.1 Å². The van der Waals surface area contributed by atoms with E-state index in [9.17, 15) is 9.18 Å². The standard InChI is InChI=1S/C19H18FN5O3/c1-11-7-13-14(24-11)3-4-15(17(13)20)28-19-18-12(2)16(27-6-5-21-10-26)8-25(18)23-9-22-19/h3-4,7-10,24H,5-6H2,1-2H3,(H,21,26). The number of fused-ring (bicyclic) bond motifs is 2. The number of H-pyrrole nitrogens is 1. The van der Waals surface area contributed by atoms with E-state index >= 15 is 0 Å². The average molecular weight is 383 g/mol. The van der Waals surface area contributed by atoms with Gasteiger partial charge in [-0.3, -0.25) is 4.79 Å². The molecule has 4 aromatic rings. The van der Waals surface area contributed by atoms with Crippen LogP contribution in [0.1, 0.15) is 11.3 Å². The SMILES string of the molecule is Cc1cc2c(F)c(Oc3ncnn4cc(OCCNC=O)c(C)c34)ccc2[nH]1. The molecule has 0 aliphatic rings. The first-order valence-corrected chi connectivity index (χ1v) is 8.67. The topological polar surface area (TPSA) is 93.5 Å². The molecule has 0 aliphatic carbocycles.